The van der Waals surface area contributed by atoms with Gasteiger partial charge in [0.25, 0.3) is 0 Å². The molecule has 0 saturated heterocycles. The van der Waals surface area contributed by atoms with Gasteiger partial charge in [-0.1, -0.05) is 146 Å². The van der Waals surface area contributed by atoms with Crippen molar-refractivity contribution in [1.82, 2.24) is 0 Å². The first-order valence-corrected chi connectivity index (χ1v) is 18.7. The van der Waals surface area contributed by atoms with Crippen molar-refractivity contribution in [1.29, 1.82) is 0 Å². The first-order chi connectivity index (χ1) is 27.3. The van der Waals surface area contributed by atoms with Gasteiger partial charge in [-0.15, -0.1) is 0 Å². The number of rotatable bonds is 6. The molecule has 3 nitrogen and oxygen atoms in total. The molecule has 0 unspecified atom stereocenters. The van der Waals surface area contributed by atoms with Gasteiger partial charge < -0.3 is 13.7 Å². The standard InChI is InChI=1S/C52H33NO2/c1-2-12-34(13-3-1)37-15-8-16-38(32-37)35-26-29-40(30-27-35)53(47-23-10-22-45-44-20-6-7-24-48(44)54-52(45)47)41-18-9-17-39(33-41)42-21-11-25-49-50(42)46-31-28-36-14-4-5-19-43(36)51(46)55-49/h1-33H. The monoisotopic (exact) mass is 703 g/mol. The first kappa shape index (κ1) is 31.2. The Labute approximate surface area is 317 Å². The highest BCUT2D eigenvalue weighted by molar-refractivity contribution is 6.19. The summed E-state index contributed by atoms with van der Waals surface area (Å²) in [6.45, 7) is 0. The highest BCUT2D eigenvalue weighted by atomic mass is 16.3. The van der Waals surface area contributed by atoms with E-state index in [-0.39, 0.29) is 0 Å². The maximum Gasteiger partial charge on any atom is 0.159 e. The molecule has 258 valence electrons. The summed E-state index contributed by atoms with van der Waals surface area (Å²) in [5.74, 6) is 0. The van der Waals surface area contributed by atoms with Gasteiger partial charge in [-0.25, -0.2) is 0 Å². The number of hydrogen-bond donors (Lipinski definition) is 0. The number of furan rings is 2. The topological polar surface area (TPSA) is 29.5 Å². The second-order valence-electron chi connectivity index (χ2n) is 14.1. The van der Waals surface area contributed by atoms with Gasteiger partial charge in [-0.05, 0) is 93.4 Å². The van der Waals surface area contributed by atoms with Gasteiger partial charge >= 0.3 is 0 Å². The summed E-state index contributed by atoms with van der Waals surface area (Å²) in [5, 5.41) is 6.72. The highest BCUT2D eigenvalue weighted by Crippen LogP contribution is 2.45. The summed E-state index contributed by atoms with van der Waals surface area (Å²) < 4.78 is 13.2. The number of anilines is 3. The molecule has 0 aliphatic carbocycles. The molecule has 0 radical (unpaired) electrons. The Kier molecular flexibility index (Phi) is 7.17. The molecule has 0 atom stereocenters. The van der Waals surface area contributed by atoms with E-state index in [4.69, 9.17) is 8.83 Å². The largest absolute Gasteiger partial charge is 0.455 e. The molecule has 9 aromatic carbocycles. The number of para-hydroxylation sites is 2. The van der Waals surface area contributed by atoms with Gasteiger partial charge in [0.05, 0.1) is 5.69 Å². The van der Waals surface area contributed by atoms with Crippen LogP contribution in [0.1, 0.15) is 0 Å². The molecule has 2 heterocycles. The van der Waals surface area contributed by atoms with Crippen molar-refractivity contribution in [3.63, 3.8) is 0 Å². The molecule has 0 aliphatic heterocycles. The Morgan fingerprint density at radius 2 is 0.964 bits per heavy atom. The lowest BCUT2D eigenvalue weighted by Crippen LogP contribution is -2.10. The van der Waals surface area contributed by atoms with E-state index in [0.717, 1.165) is 83.0 Å². The van der Waals surface area contributed by atoms with Crippen LogP contribution in [0.2, 0.25) is 0 Å². The third-order valence-corrected chi connectivity index (χ3v) is 10.9. The van der Waals surface area contributed by atoms with Crippen molar-refractivity contribution in [2.45, 2.75) is 0 Å². The van der Waals surface area contributed by atoms with Crippen LogP contribution in [0, 0.1) is 0 Å². The fraction of sp³-hybridized carbons (Fsp3) is 0. The summed E-state index contributed by atoms with van der Waals surface area (Å²) >= 11 is 0. The van der Waals surface area contributed by atoms with E-state index in [2.05, 4.69) is 193 Å². The van der Waals surface area contributed by atoms with Crippen molar-refractivity contribution in [2.75, 3.05) is 4.90 Å². The van der Waals surface area contributed by atoms with Crippen LogP contribution in [0.15, 0.2) is 209 Å². The zero-order valence-corrected chi connectivity index (χ0v) is 29.8. The molecule has 0 saturated carbocycles. The quantitative estimate of drug-likeness (QED) is 0.173. The zero-order valence-electron chi connectivity index (χ0n) is 29.8. The van der Waals surface area contributed by atoms with Crippen LogP contribution in [0.25, 0.3) is 88.0 Å². The van der Waals surface area contributed by atoms with E-state index in [1.807, 2.05) is 12.1 Å². The van der Waals surface area contributed by atoms with Crippen LogP contribution < -0.4 is 4.90 Å². The van der Waals surface area contributed by atoms with E-state index < -0.39 is 0 Å². The molecule has 0 fully saturated rings. The molecule has 55 heavy (non-hydrogen) atoms. The summed E-state index contributed by atoms with van der Waals surface area (Å²) in [6.07, 6.45) is 0. The number of benzene rings is 9. The van der Waals surface area contributed by atoms with Crippen LogP contribution in [-0.2, 0) is 0 Å². The maximum absolute atomic E-state index is 6.65. The molecule has 0 bridgehead atoms. The van der Waals surface area contributed by atoms with Crippen LogP contribution in [0.5, 0.6) is 0 Å². The lowest BCUT2D eigenvalue weighted by molar-refractivity contribution is 0.669. The molecule has 0 N–H and O–H groups in total. The van der Waals surface area contributed by atoms with E-state index in [9.17, 15) is 0 Å². The Bertz CT molecular complexity index is 3210. The predicted molar refractivity (Wildman–Crippen MR) is 229 cm³/mol. The van der Waals surface area contributed by atoms with Crippen LogP contribution in [0.4, 0.5) is 17.1 Å². The number of hydrogen-bond acceptors (Lipinski definition) is 3. The molecule has 3 heteroatoms. The van der Waals surface area contributed by atoms with Crippen molar-refractivity contribution >= 4 is 71.7 Å². The molecule has 0 aliphatic rings. The molecule has 0 spiro atoms. The third-order valence-electron chi connectivity index (χ3n) is 10.9. The van der Waals surface area contributed by atoms with Gasteiger partial charge in [0.2, 0.25) is 0 Å². The second kappa shape index (κ2) is 12.6. The average molecular weight is 704 g/mol. The van der Waals surface area contributed by atoms with E-state index in [1.165, 1.54) is 22.1 Å². The minimum atomic E-state index is 0.851. The van der Waals surface area contributed by atoms with E-state index >= 15 is 0 Å². The third kappa shape index (κ3) is 5.20. The van der Waals surface area contributed by atoms with Crippen LogP contribution in [0.3, 0.4) is 0 Å². The second-order valence-corrected chi connectivity index (χ2v) is 14.1. The molecule has 0 amide bonds. The van der Waals surface area contributed by atoms with Gasteiger partial charge in [0, 0.05) is 38.3 Å². The SMILES string of the molecule is c1ccc(-c2cccc(-c3ccc(N(c4cccc(-c5cccc6oc7c8ccccc8ccc7c56)c4)c4cccc5c4oc4ccccc45)cc3)c2)cc1. The lowest BCUT2D eigenvalue weighted by atomic mass is 9.97. The van der Waals surface area contributed by atoms with Crippen molar-refractivity contribution < 1.29 is 8.83 Å². The first-order valence-electron chi connectivity index (χ1n) is 18.7. The average Bonchev–Trinajstić information content (AvgIpc) is 3.84. The Morgan fingerprint density at radius 1 is 0.327 bits per heavy atom. The zero-order chi connectivity index (χ0) is 36.3. The molecule has 11 aromatic rings. The highest BCUT2D eigenvalue weighted by Gasteiger charge is 2.21. The van der Waals surface area contributed by atoms with Gasteiger partial charge in [-0.2, -0.15) is 0 Å². The Hall–Kier alpha value is -7.36. The number of fused-ring (bicyclic) bond motifs is 8. The minimum Gasteiger partial charge on any atom is -0.455 e. The van der Waals surface area contributed by atoms with Gasteiger partial charge in [0.1, 0.15) is 16.7 Å². The van der Waals surface area contributed by atoms with Crippen LogP contribution >= 0.6 is 0 Å². The summed E-state index contributed by atoms with van der Waals surface area (Å²) in [7, 11) is 0. The normalized spacial score (nSPS) is 11.6. The lowest BCUT2D eigenvalue weighted by Gasteiger charge is -2.26. The van der Waals surface area contributed by atoms with E-state index in [1.54, 1.807) is 0 Å². The van der Waals surface area contributed by atoms with Crippen molar-refractivity contribution in [3.8, 4) is 33.4 Å². The van der Waals surface area contributed by atoms with E-state index in [0.29, 0.717) is 0 Å². The Balaban J connectivity index is 1.08. The molecule has 11 rings (SSSR count). The fourth-order valence-corrected chi connectivity index (χ4v) is 8.25. The van der Waals surface area contributed by atoms with Crippen molar-refractivity contribution in [3.05, 3.63) is 200 Å². The number of nitrogens with zero attached hydrogens (tertiary/aromatic N) is 1. The molecule has 2 aromatic heterocycles. The van der Waals surface area contributed by atoms with Crippen molar-refractivity contribution in [2.24, 2.45) is 0 Å². The van der Waals surface area contributed by atoms with Gasteiger partial charge in [0.15, 0.2) is 5.58 Å². The molecular formula is C52H33NO2. The summed E-state index contributed by atoms with van der Waals surface area (Å²) in [4.78, 5) is 2.32. The minimum absolute atomic E-state index is 0.851. The van der Waals surface area contributed by atoms with Crippen LogP contribution in [-0.4, -0.2) is 0 Å². The summed E-state index contributed by atoms with van der Waals surface area (Å²) in [5.41, 5.74) is 13.5. The molecular weight excluding hydrogens is 671 g/mol. The predicted octanol–water partition coefficient (Wildman–Crippen LogP) is 15.1. The summed E-state index contributed by atoms with van der Waals surface area (Å²) in [6, 6.07) is 70.9. The van der Waals surface area contributed by atoms with Gasteiger partial charge in [-0.3, -0.25) is 0 Å². The fourth-order valence-electron chi connectivity index (χ4n) is 8.25. The Morgan fingerprint density at radius 3 is 1.84 bits per heavy atom. The maximum atomic E-state index is 6.65. The smallest absolute Gasteiger partial charge is 0.159 e.